The van der Waals surface area contributed by atoms with E-state index in [2.05, 4.69) is 11.2 Å². The number of aliphatic hydroxyl groups is 2. The number of terminal acetylenes is 1. The van der Waals surface area contributed by atoms with Gasteiger partial charge in [0.15, 0.2) is 0 Å². The van der Waals surface area contributed by atoms with E-state index in [1.165, 1.54) is 12.1 Å². The van der Waals surface area contributed by atoms with Crippen molar-refractivity contribution in [3.8, 4) is 12.3 Å². The molecule has 0 saturated carbocycles. The molecule has 0 aliphatic carbocycles. The molecule has 0 aliphatic rings. The number of hydrogen-bond acceptors (Lipinski definition) is 3. The molecule has 0 fully saturated rings. The summed E-state index contributed by atoms with van der Waals surface area (Å²) in [5.74, 6) is 1.84. The van der Waals surface area contributed by atoms with Crippen molar-refractivity contribution in [2.24, 2.45) is 0 Å². The zero-order valence-electron chi connectivity index (χ0n) is 8.07. The van der Waals surface area contributed by atoms with Crippen molar-refractivity contribution >= 4 is 5.69 Å². The van der Waals surface area contributed by atoms with Crippen LogP contribution in [0.1, 0.15) is 5.56 Å². The standard InChI is InChI=1S/C11H12FNO2/c1-2-8-3-4-11(10(12)5-8)13-6-9(15)7-14/h1,3-5,9,13-15H,6-7H2. The van der Waals surface area contributed by atoms with Crippen LogP contribution in [0.3, 0.4) is 0 Å². The summed E-state index contributed by atoms with van der Waals surface area (Å²) in [5.41, 5.74) is 0.710. The summed E-state index contributed by atoms with van der Waals surface area (Å²) in [7, 11) is 0. The Hall–Kier alpha value is -1.57. The fourth-order valence-corrected chi connectivity index (χ4v) is 1.04. The normalized spacial score (nSPS) is 11.9. The Labute approximate surface area is 87.6 Å². The second kappa shape index (κ2) is 5.35. The number of rotatable bonds is 4. The quantitative estimate of drug-likeness (QED) is 0.635. The van der Waals surface area contributed by atoms with Gasteiger partial charge >= 0.3 is 0 Å². The van der Waals surface area contributed by atoms with Crippen LogP contribution in [-0.4, -0.2) is 29.5 Å². The molecule has 0 spiro atoms. The Morgan fingerprint density at radius 3 is 2.80 bits per heavy atom. The molecule has 1 rings (SSSR count). The van der Waals surface area contributed by atoms with Crippen LogP contribution >= 0.6 is 0 Å². The topological polar surface area (TPSA) is 52.5 Å². The van der Waals surface area contributed by atoms with E-state index in [-0.39, 0.29) is 18.8 Å². The van der Waals surface area contributed by atoms with Gasteiger partial charge in [-0.25, -0.2) is 4.39 Å². The minimum absolute atomic E-state index is 0.0861. The van der Waals surface area contributed by atoms with Gasteiger partial charge in [-0.3, -0.25) is 0 Å². The Morgan fingerprint density at radius 2 is 2.27 bits per heavy atom. The van der Waals surface area contributed by atoms with Gasteiger partial charge in [0.25, 0.3) is 0 Å². The van der Waals surface area contributed by atoms with Crippen LogP contribution in [-0.2, 0) is 0 Å². The minimum Gasteiger partial charge on any atom is -0.394 e. The van der Waals surface area contributed by atoms with Crippen molar-refractivity contribution in [1.29, 1.82) is 0 Å². The van der Waals surface area contributed by atoms with E-state index >= 15 is 0 Å². The highest BCUT2D eigenvalue weighted by Crippen LogP contribution is 2.14. The molecule has 0 bridgehead atoms. The molecule has 1 aromatic rings. The largest absolute Gasteiger partial charge is 0.394 e. The summed E-state index contributed by atoms with van der Waals surface area (Å²) >= 11 is 0. The molecule has 15 heavy (non-hydrogen) atoms. The van der Waals surface area contributed by atoms with Gasteiger partial charge < -0.3 is 15.5 Å². The number of nitrogens with one attached hydrogen (secondary N) is 1. The lowest BCUT2D eigenvalue weighted by Gasteiger charge is -2.10. The van der Waals surface area contributed by atoms with Crippen LogP contribution < -0.4 is 5.32 Å². The van der Waals surface area contributed by atoms with E-state index in [1.54, 1.807) is 6.07 Å². The molecule has 3 nitrogen and oxygen atoms in total. The van der Waals surface area contributed by atoms with E-state index < -0.39 is 11.9 Å². The van der Waals surface area contributed by atoms with Gasteiger partial charge in [-0.05, 0) is 18.2 Å². The molecular formula is C11H12FNO2. The fraction of sp³-hybridized carbons (Fsp3) is 0.273. The third-order valence-electron chi connectivity index (χ3n) is 1.87. The smallest absolute Gasteiger partial charge is 0.147 e. The molecule has 0 amide bonds. The maximum atomic E-state index is 13.3. The van der Waals surface area contributed by atoms with E-state index in [1.807, 2.05) is 0 Å². The van der Waals surface area contributed by atoms with E-state index in [0.717, 1.165) is 0 Å². The maximum absolute atomic E-state index is 13.3. The molecule has 1 aromatic carbocycles. The number of anilines is 1. The van der Waals surface area contributed by atoms with Crippen molar-refractivity contribution in [2.45, 2.75) is 6.10 Å². The lowest BCUT2D eigenvalue weighted by Crippen LogP contribution is -2.23. The molecule has 1 unspecified atom stereocenters. The number of aliphatic hydroxyl groups excluding tert-OH is 2. The predicted molar refractivity (Wildman–Crippen MR) is 55.9 cm³/mol. The van der Waals surface area contributed by atoms with Gasteiger partial charge in [-0.2, -0.15) is 0 Å². The van der Waals surface area contributed by atoms with Gasteiger partial charge in [-0.1, -0.05) is 5.92 Å². The zero-order chi connectivity index (χ0) is 11.3. The molecule has 4 heteroatoms. The van der Waals surface area contributed by atoms with Crippen LogP contribution in [0.5, 0.6) is 0 Å². The third-order valence-corrected chi connectivity index (χ3v) is 1.87. The Balaban J connectivity index is 2.67. The van der Waals surface area contributed by atoms with Gasteiger partial charge in [-0.15, -0.1) is 6.42 Å². The Kier molecular flexibility index (Phi) is 4.10. The van der Waals surface area contributed by atoms with Crippen molar-refractivity contribution in [1.82, 2.24) is 0 Å². The summed E-state index contributed by atoms with van der Waals surface area (Å²) in [4.78, 5) is 0. The van der Waals surface area contributed by atoms with Gasteiger partial charge in [0.1, 0.15) is 5.82 Å². The van der Waals surface area contributed by atoms with Crippen molar-refractivity contribution in [3.63, 3.8) is 0 Å². The first-order chi connectivity index (χ1) is 7.17. The summed E-state index contributed by atoms with van der Waals surface area (Å²) < 4.78 is 13.3. The summed E-state index contributed by atoms with van der Waals surface area (Å²) in [6.45, 7) is -0.278. The number of halogens is 1. The van der Waals surface area contributed by atoms with Gasteiger partial charge in [0.05, 0.1) is 18.4 Å². The van der Waals surface area contributed by atoms with Gasteiger partial charge in [0.2, 0.25) is 0 Å². The molecule has 0 aliphatic heterocycles. The first-order valence-corrected chi connectivity index (χ1v) is 4.46. The second-order valence-electron chi connectivity index (χ2n) is 3.06. The van der Waals surface area contributed by atoms with E-state index in [0.29, 0.717) is 5.56 Å². The average molecular weight is 209 g/mol. The van der Waals surface area contributed by atoms with Gasteiger partial charge in [0, 0.05) is 12.1 Å². The fourth-order valence-electron chi connectivity index (χ4n) is 1.04. The highest BCUT2D eigenvalue weighted by Gasteiger charge is 2.05. The summed E-state index contributed by atoms with van der Waals surface area (Å²) in [6, 6.07) is 4.32. The molecule has 1 atom stereocenters. The highest BCUT2D eigenvalue weighted by molar-refractivity contribution is 5.49. The molecular weight excluding hydrogens is 197 g/mol. The van der Waals surface area contributed by atoms with E-state index in [9.17, 15) is 4.39 Å². The summed E-state index contributed by atoms with van der Waals surface area (Å²) in [5, 5.41) is 20.3. The van der Waals surface area contributed by atoms with Crippen molar-refractivity contribution in [3.05, 3.63) is 29.6 Å². The molecule has 0 radical (unpaired) electrons. The van der Waals surface area contributed by atoms with Crippen LogP contribution in [0.15, 0.2) is 18.2 Å². The highest BCUT2D eigenvalue weighted by atomic mass is 19.1. The summed E-state index contributed by atoms with van der Waals surface area (Å²) in [6.07, 6.45) is 4.20. The minimum atomic E-state index is -0.906. The molecule has 3 N–H and O–H groups in total. The van der Waals surface area contributed by atoms with Crippen molar-refractivity contribution < 1.29 is 14.6 Å². The average Bonchev–Trinajstić information content (AvgIpc) is 2.26. The SMILES string of the molecule is C#Cc1ccc(NCC(O)CO)c(F)c1. The van der Waals surface area contributed by atoms with Crippen LogP contribution in [0, 0.1) is 18.2 Å². The number of hydrogen-bond donors (Lipinski definition) is 3. The first kappa shape index (κ1) is 11.5. The third kappa shape index (κ3) is 3.24. The molecule has 0 saturated heterocycles. The van der Waals surface area contributed by atoms with Crippen LogP contribution in [0.4, 0.5) is 10.1 Å². The zero-order valence-corrected chi connectivity index (χ0v) is 8.07. The van der Waals surface area contributed by atoms with Crippen LogP contribution in [0.2, 0.25) is 0 Å². The first-order valence-electron chi connectivity index (χ1n) is 4.46. The Morgan fingerprint density at radius 1 is 1.53 bits per heavy atom. The molecule has 80 valence electrons. The predicted octanol–water partition coefficient (Wildman–Crippen LogP) is 0.572. The second-order valence-corrected chi connectivity index (χ2v) is 3.06. The lowest BCUT2D eigenvalue weighted by molar-refractivity contribution is 0.105. The van der Waals surface area contributed by atoms with Crippen molar-refractivity contribution in [2.75, 3.05) is 18.5 Å². The Bertz CT molecular complexity index is 373. The van der Waals surface area contributed by atoms with Crippen LogP contribution in [0.25, 0.3) is 0 Å². The van der Waals surface area contributed by atoms with E-state index in [4.69, 9.17) is 16.6 Å². The molecule has 0 heterocycles. The molecule has 0 aromatic heterocycles. The number of benzene rings is 1. The monoisotopic (exact) mass is 209 g/mol. The maximum Gasteiger partial charge on any atom is 0.147 e. The lowest BCUT2D eigenvalue weighted by atomic mass is 10.2.